The fraction of sp³-hybridized carbons (Fsp3) is 0.231. The van der Waals surface area contributed by atoms with Gasteiger partial charge in [0.15, 0.2) is 0 Å². The summed E-state index contributed by atoms with van der Waals surface area (Å²) in [5.41, 5.74) is 1.33. The van der Waals surface area contributed by atoms with E-state index in [0.29, 0.717) is 39.7 Å². The van der Waals surface area contributed by atoms with E-state index in [4.69, 9.17) is 11.6 Å². The Bertz CT molecular complexity index is 596. The molecule has 20 heavy (non-hydrogen) atoms. The van der Waals surface area contributed by atoms with Crippen molar-refractivity contribution in [1.82, 2.24) is 9.97 Å². The quantitative estimate of drug-likeness (QED) is 0.638. The maximum atomic E-state index is 12.5. The van der Waals surface area contributed by atoms with Gasteiger partial charge in [-0.3, -0.25) is 0 Å². The number of alkyl halides is 2. The van der Waals surface area contributed by atoms with Crippen molar-refractivity contribution < 1.29 is 8.78 Å². The van der Waals surface area contributed by atoms with Crippen LogP contribution in [0.3, 0.4) is 0 Å². The van der Waals surface area contributed by atoms with Gasteiger partial charge in [0.1, 0.15) is 17.3 Å². The van der Waals surface area contributed by atoms with Crippen LogP contribution in [0.15, 0.2) is 35.5 Å². The largest absolute Gasteiger partial charge is 0.339 e. The minimum atomic E-state index is -2.47. The zero-order chi connectivity index (χ0) is 14.5. The lowest BCUT2D eigenvalue weighted by atomic mass is 10.2. The third-order valence-corrected chi connectivity index (χ3v) is 3.72. The van der Waals surface area contributed by atoms with E-state index < -0.39 is 5.76 Å². The second-order valence-electron chi connectivity index (χ2n) is 3.84. The SMILES string of the molecule is CCc1c(Cl)ncnc1Nc1ccccc1SC(F)F. The number of anilines is 2. The molecule has 1 N–H and O–H groups in total. The third kappa shape index (κ3) is 3.58. The molecule has 0 aliphatic heterocycles. The molecule has 2 aromatic rings. The summed E-state index contributed by atoms with van der Waals surface area (Å²) in [6.45, 7) is 1.93. The normalized spacial score (nSPS) is 10.8. The number of aromatic nitrogens is 2. The fourth-order valence-corrected chi connectivity index (χ4v) is 2.57. The van der Waals surface area contributed by atoms with Crippen LogP contribution in [0.4, 0.5) is 20.3 Å². The minimum Gasteiger partial charge on any atom is -0.339 e. The Kier molecular flexibility index (Phi) is 5.14. The zero-order valence-electron chi connectivity index (χ0n) is 10.6. The first-order valence-electron chi connectivity index (χ1n) is 5.92. The average Bonchev–Trinajstić information content (AvgIpc) is 2.41. The van der Waals surface area contributed by atoms with Gasteiger partial charge in [-0.05, 0) is 18.6 Å². The maximum Gasteiger partial charge on any atom is 0.288 e. The lowest BCUT2D eigenvalue weighted by Crippen LogP contribution is -2.01. The van der Waals surface area contributed by atoms with Gasteiger partial charge in [0, 0.05) is 10.5 Å². The first kappa shape index (κ1) is 15.0. The standard InChI is InChI=1S/C13H12ClF2N3S/c1-2-8-11(14)17-7-18-12(8)19-9-5-3-4-6-10(9)20-13(15)16/h3-7,13H,2H2,1H3,(H,17,18,19). The molecule has 0 spiro atoms. The Morgan fingerprint density at radius 2 is 2.05 bits per heavy atom. The number of nitrogens with one attached hydrogen (secondary N) is 1. The predicted octanol–water partition coefficient (Wildman–Crippen LogP) is 4.75. The van der Waals surface area contributed by atoms with Crippen LogP contribution in [0.25, 0.3) is 0 Å². The van der Waals surface area contributed by atoms with Crippen LogP contribution in [-0.2, 0) is 6.42 Å². The molecule has 0 atom stereocenters. The smallest absolute Gasteiger partial charge is 0.288 e. The number of thioether (sulfide) groups is 1. The highest BCUT2D eigenvalue weighted by Gasteiger charge is 2.13. The van der Waals surface area contributed by atoms with Gasteiger partial charge < -0.3 is 5.32 Å². The van der Waals surface area contributed by atoms with Crippen LogP contribution in [-0.4, -0.2) is 15.7 Å². The molecular weight excluding hydrogens is 304 g/mol. The molecule has 0 saturated heterocycles. The molecule has 7 heteroatoms. The highest BCUT2D eigenvalue weighted by Crippen LogP contribution is 2.34. The van der Waals surface area contributed by atoms with Gasteiger partial charge in [0.25, 0.3) is 5.76 Å². The number of halogens is 3. The van der Waals surface area contributed by atoms with Crippen LogP contribution in [0.1, 0.15) is 12.5 Å². The Hall–Kier alpha value is -1.40. The van der Waals surface area contributed by atoms with Gasteiger partial charge in [0.2, 0.25) is 0 Å². The van der Waals surface area contributed by atoms with E-state index in [1.54, 1.807) is 24.3 Å². The van der Waals surface area contributed by atoms with Crippen LogP contribution >= 0.6 is 23.4 Å². The van der Waals surface area contributed by atoms with Crippen molar-refractivity contribution >= 4 is 34.9 Å². The van der Waals surface area contributed by atoms with E-state index in [0.717, 1.165) is 5.56 Å². The second-order valence-corrected chi connectivity index (χ2v) is 5.23. The highest BCUT2D eigenvalue weighted by atomic mass is 35.5. The van der Waals surface area contributed by atoms with Crippen LogP contribution in [0.2, 0.25) is 5.15 Å². The van der Waals surface area contributed by atoms with Gasteiger partial charge in [-0.15, -0.1) is 0 Å². The number of hydrogen-bond acceptors (Lipinski definition) is 4. The summed E-state index contributed by atoms with van der Waals surface area (Å²) < 4.78 is 25.1. The topological polar surface area (TPSA) is 37.8 Å². The number of para-hydroxylation sites is 1. The summed E-state index contributed by atoms with van der Waals surface area (Å²) in [5.74, 6) is -1.94. The van der Waals surface area contributed by atoms with Gasteiger partial charge in [-0.25, -0.2) is 9.97 Å². The average molecular weight is 316 g/mol. The Morgan fingerprint density at radius 3 is 2.75 bits per heavy atom. The fourth-order valence-electron chi connectivity index (χ4n) is 1.71. The molecule has 0 bridgehead atoms. The number of nitrogens with zero attached hydrogens (tertiary/aromatic N) is 2. The van der Waals surface area contributed by atoms with Crippen molar-refractivity contribution in [2.75, 3.05) is 5.32 Å². The molecule has 0 saturated carbocycles. The summed E-state index contributed by atoms with van der Waals surface area (Å²) in [4.78, 5) is 8.49. The Balaban J connectivity index is 2.33. The molecule has 106 valence electrons. The van der Waals surface area contributed by atoms with E-state index in [9.17, 15) is 8.78 Å². The van der Waals surface area contributed by atoms with Crippen molar-refractivity contribution in [3.8, 4) is 0 Å². The molecule has 0 aliphatic carbocycles. The van der Waals surface area contributed by atoms with E-state index in [-0.39, 0.29) is 0 Å². The van der Waals surface area contributed by atoms with Crippen LogP contribution in [0.5, 0.6) is 0 Å². The molecule has 0 unspecified atom stereocenters. The molecule has 0 fully saturated rings. The number of hydrogen-bond donors (Lipinski definition) is 1. The predicted molar refractivity (Wildman–Crippen MR) is 78.0 cm³/mol. The molecule has 0 aliphatic rings. The van der Waals surface area contributed by atoms with Crippen LogP contribution in [0, 0.1) is 0 Å². The number of rotatable bonds is 5. The molecular formula is C13H12ClF2N3S. The first-order chi connectivity index (χ1) is 9.61. The Morgan fingerprint density at radius 1 is 1.30 bits per heavy atom. The van der Waals surface area contributed by atoms with E-state index in [2.05, 4.69) is 15.3 Å². The molecule has 1 aromatic heterocycles. The summed E-state index contributed by atoms with van der Waals surface area (Å²) in [6, 6.07) is 6.84. The maximum absolute atomic E-state index is 12.5. The molecule has 0 radical (unpaired) electrons. The molecule has 3 nitrogen and oxygen atoms in total. The molecule has 1 heterocycles. The highest BCUT2D eigenvalue weighted by molar-refractivity contribution is 7.99. The second kappa shape index (κ2) is 6.85. The van der Waals surface area contributed by atoms with E-state index in [1.807, 2.05) is 6.92 Å². The van der Waals surface area contributed by atoms with Crippen molar-refractivity contribution in [2.24, 2.45) is 0 Å². The van der Waals surface area contributed by atoms with Crippen molar-refractivity contribution in [2.45, 2.75) is 24.0 Å². The van der Waals surface area contributed by atoms with Gasteiger partial charge in [0.05, 0.1) is 5.69 Å². The zero-order valence-corrected chi connectivity index (χ0v) is 12.2. The lowest BCUT2D eigenvalue weighted by Gasteiger charge is -2.13. The lowest BCUT2D eigenvalue weighted by molar-refractivity contribution is 0.252. The summed E-state index contributed by atoms with van der Waals surface area (Å²) >= 11 is 6.49. The summed E-state index contributed by atoms with van der Waals surface area (Å²) in [5, 5.41) is 3.41. The van der Waals surface area contributed by atoms with Crippen molar-refractivity contribution in [3.05, 3.63) is 41.3 Å². The van der Waals surface area contributed by atoms with Gasteiger partial charge in [-0.1, -0.05) is 42.4 Å². The summed E-state index contributed by atoms with van der Waals surface area (Å²) in [6.07, 6.45) is 1.98. The van der Waals surface area contributed by atoms with Crippen molar-refractivity contribution in [3.63, 3.8) is 0 Å². The first-order valence-corrected chi connectivity index (χ1v) is 7.17. The minimum absolute atomic E-state index is 0.365. The van der Waals surface area contributed by atoms with E-state index in [1.165, 1.54) is 6.33 Å². The van der Waals surface area contributed by atoms with Gasteiger partial charge >= 0.3 is 0 Å². The van der Waals surface area contributed by atoms with Crippen molar-refractivity contribution in [1.29, 1.82) is 0 Å². The molecule has 2 rings (SSSR count). The van der Waals surface area contributed by atoms with Gasteiger partial charge in [-0.2, -0.15) is 8.78 Å². The van der Waals surface area contributed by atoms with E-state index >= 15 is 0 Å². The number of benzene rings is 1. The molecule has 1 aromatic carbocycles. The monoisotopic (exact) mass is 315 g/mol. The third-order valence-electron chi connectivity index (χ3n) is 2.60. The summed E-state index contributed by atoms with van der Waals surface area (Å²) in [7, 11) is 0. The Labute approximate surface area is 124 Å². The molecule has 0 amide bonds. The van der Waals surface area contributed by atoms with Crippen LogP contribution < -0.4 is 5.32 Å².